The molecule has 0 heterocycles. The predicted molar refractivity (Wildman–Crippen MR) is 82.0 cm³/mol. The van der Waals surface area contributed by atoms with E-state index in [1.165, 1.54) is 12.8 Å². The highest BCUT2D eigenvalue weighted by molar-refractivity contribution is 9.10. The van der Waals surface area contributed by atoms with E-state index in [1.54, 1.807) is 0 Å². The third-order valence-electron chi connectivity index (χ3n) is 3.28. The number of hydrogen-bond acceptors (Lipinski definition) is 3. The maximum Gasteiger partial charge on any atom is 0.124 e. The summed E-state index contributed by atoms with van der Waals surface area (Å²) in [7, 11) is 2.00. The molecule has 1 aliphatic carbocycles. The molecule has 0 amide bonds. The van der Waals surface area contributed by atoms with E-state index in [1.807, 2.05) is 25.2 Å². The van der Waals surface area contributed by atoms with E-state index in [0.717, 1.165) is 34.8 Å². The minimum Gasteiger partial charge on any atom is -0.384 e. The number of nitrogens with two attached hydrogens (primary N) is 1. The third kappa shape index (κ3) is 4.21. The summed E-state index contributed by atoms with van der Waals surface area (Å²) in [5, 5.41) is 7.64. The van der Waals surface area contributed by atoms with Gasteiger partial charge in [-0.3, -0.25) is 5.41 Å². The van der Waals surface area contributed by atoms with Crippen molar-refractivity contribution in [1.82, 2.24) is 0 Å². The lowest BCUT2D eigenvalue weighted by molar-refractivity contribution is 0.131. The Kier molecular flexibility index (Phi) is 4.82. The molecule has 1 fully saturated rings. The van der Waals surface area contributed by atoms with Crippen molar-refractivity contribution in [2.24, 2.45) is 11.7 Å². The van der Waals surface area contributed by atoms with Crippen LogP contribution in [0.5, 0.6) is 0 Å². The number of likely N-dealkylation sites (N-methyl/N-ethyl adjacent to an activating group) is 1. The molecule has 104 valence electrons. The number of nitrogen functional groups attached to an aromatic ring is 1. The summed E-state index contributed by atoms with van der Waals surface area (Å²) < 4.78 is 6.57. The lowest BCUT2D eigenvalue weighted by atomic mass is 10.1. The lowest BCUT2D eigenvalue weighted by Gasteiger charge is -2.22. The molecule has 0 aliphatic heterocycles. The maximum absolute atomic E-state index is 7.64. The van der Waals surface area contributed by atoms with E-state index < -0.39 is 0 Å². The zero-order valence-electron chi connectivity index (χ0n) is 11.2. The second-order valence-electron chi connectivity index (χ2n) is 5.01. The minimum atomic E-state index is 0.0852. The van der Waals surface area contributed by atoms with Gasteiger partial charge in [0.2, 0.25) is 0 Å². The molecule has 0 atom stereocenters. The van der Waals surface area contributed by atoms with Crippen molar-refractivity contribution >= 4 is 27.5 Å². The minimum absolute atomic E-state index is 0.0852. The molecule has 0 radical (unpaired) electrons. The van der Waals surface area contributed by atoms with E-state index in [4.69, 9.17) is 15.9 Å². The molecule has 5 heteroatoms. The van der Waals surface area contributed by atoms with Crippen molar-refractivity contribution in [2.45, 2.75) is 12.8 Å². The fraction of sp³-hybridized carbons (Fsp3) is 0.500. The monoisotopic (exact) mass is 325 g/mol. The van der Waals surface area contributed by atoms with Crippen LogP contribution < -0.4 is 10.6 Å². The SMILES string of the molecule is CN(CCOCC1CC1)c1ccc(Br)cc1C(=N)N. The molecule has 3 N–H and O–H groups in total. The summed E-state index contributed by atoms with van der Waals surface area (Å²) in [6.45, 7) is 2.39. The van der Waals surface area contributed by atoms with E-state index >= 15 is 0 Å². The summed E-state index contributed by atoms with van der Waals surface area (Å²) in [4.78, 5) is 2.08. The maximum atomic E-state index is 7.64. The van der Waals surface area contributed by atoms with Gasteiger partial charge in [0.1, 0.15) is 5.84 Å². The zero-order valence-corrected chi connectivity index (χ0v) is 12.7. The largest absolute Gasteiger partial charge is 0.384 e. The zero-order chi connectivity index (χ0) is 13.8. The Morgan fingerprint density at radius 1 is 1.53 bits per heavy atom. The van der Waals surface area contributed by atoms with Crippen LogP contribution in [0.25, 0.3) is 0 Å². The summed E-state index contributed by atoms with van der Waals surface area (Å²) in [5.74, 6) is 0.882. The molecular formula is C14H20BrN3O. The van der Waals surface area contributed by atoms with Gasteiger partial charge in [0.15, 0.2) is 0 Å². The van der Waals surface area contributed by atoms with Crippen LogP contribution in [0.15, 0.2) is 22.7 Å². The van der Waals surface area contributed by atoms with Gasteiger partial charge in [-0.25, -0.2) is 0 Å². The van der Waals surface area contributed by atoms with Gasteiger partial charge < -0.3 is 15.4 Å². The topological polar surface area (TPSA) is 62.3 Å². The van der Waals surface area contributed by atoms with Crippen LogP contribution in [-0.2, 0) is 4.74 Å². The van der Waals surface area contributed by atoms with Crippen molar-refractivity contribution in [1.29, 1.82) is 5.41 Å². The number of amidine groups is 1. The van der Waals surface area contributed by atoms with Gasteiger partial charge in [0, 0.05) is 35.9 Å². The molecule has 0 bridgehead atoms. The van der Waals surface area contributed by atoms with Crippen LogP contribution in [0.3, 0.4) is 0 Å². The van der Waals surface area contributed by atoms with Gasteiger partial charge in [-0.1, -0.05) is 15.9 Å². The molecule has 0 unspecified atom stereocenters. The van der Waals surface area contributed by atoms with Crippen molar-refractivity contribution in [3.63, 3.8) is 0 Å². The number of ether oxygens (including phenoxy) is 1. The normalized spacial score (nSPS) is 14.4. The van der Waals surface area contributed by atoms with E-state index in [9.17, 15) is 0 Å². The second kappa shape index (κ2) is 6.39. The molecule has 1 aromatic carbocycles. The van der Waals surface area contributed by atoms with Crippen molar-refractivity contribution < 1.29 is 4.74 Å². The highest BCUT2D eigenvalue weighted by Crippen LogP contribution is 2.28. The van der Waals surface area contributed by atoms with Gasteiger partial charge in [-0.05, 0) is 37.0 Å². The highest BCUT2D eigenvalue weighted by Gasteiger charge is 2.21. The summed E-state index contributed by atoms with van der Waals surface area (Å²) in [6, 6.07) is 5.81. The van der Waals surface area contributed by atoms with Crippen LogP contribution in [0, 0.1) is 11.3 Å². The smallest absolute Gasteiger partial charge is 0.124 e. The first-order valence-electron chi connectivity index (χ1n) is 6.50. The molecule has 1 saturated carbocycles. The number of nitrogens with zero attached hydrogens (tertiary/aromatic N) is 1. The van der Waals surface area contributed by atoms with E-state index in [0.29, 0.717) is 6.61 Å². The second-order valence-corrected chi connectivity index (χ2v) is 5.93. The molecule has 2 rings (SSSR count). The van der Waals surface area contributed by atoms with Gasteiger partial charge in [-0.2, -0.15) is 0 Å². The Morgan fingerprint density at radius 3 is 2.89 bits per heavy atom. The van der Waals surface area contributed by atoms with Gasteiger partial charge in [0.05, 0.1) is 6.61 Å². The van der Waals surface area contributed by atoms with Crippen molar-refractivity contribution in [3.05, 3.63) is 28.2 Å². The van der Waals surface area contributed by atoms with Crippen LogP contribution in [-0.4, -0.2) is 32.6 Å². The molecule has 19 heavy (non-hydrogen) atoms. The number of anilines is 1. The Bertz CT molecular complexity index is 460. The predicted octanol–water partition coefficient (Wildman–Crippen LogP) is 2.60. The number of benzene rings is 1. The summed E-state index contributed by atoms with van der Waals surface area (Å²) in [6.07, 6.45) is 2.63. The Labute approximate surface area is 122 Å². The van der Waals surface area contributed by atoms with Gasteiger partial charge in [0.25, 0.3) is 0 Å². The van der Waals surface area contributed by atoms with Crippen molar-refractivity contribution in [2.75, 3.05) is 31.7 Å². The van der Waals surface area contributed by atoms with E-state index in [2.05, 4.69) is 20.8 Å². The fourth-order valence-corrected chi connectivity index (χ4v) is 2.27. The van der Waals surface area contributed by atoms with Crippen molar-refractivity contribution in [3.8, 4) is 0 Å². The first-order chi connectivity index (χ1) is 9.08. The average molecular weight is 326 g/mol. The molecule has 1 aromatic rings. The van der Waals surface area contributed by atoms with Gasteiger partial charge >= 0.3 is 0 Å². The number of hydrogen-bond donors (Lipinski definition) is 2. The first-order valence-corrected chi connectivity index (χ1v) is 7.30. The van der Waals surface area contributed by atoms with Crippen LogP contribution >= 0.6 is 15.9 Å². The Hall–Kier alpha value is -1.07. The lowest BCUT2D eigenvalue weighted by Crippen LogP contribution is -2.26. The quantitative estimate of drug-likeness (QED) is 0.460. The Morgan fingerprint density at radius 2 is 2.26 bits per heavy atom. The molecule has 1 aliphatic rings. The number of nitrogens with one attached hydrogen (secondary N) is 1. The molecular weight excluding hydrogens is 306 g/mol. The molecule has 4 nitrogen and oxygen atoms in total. The third-order valence-corrected chi connectivity index (χ3v) is 3.77. The fourth-order valence-electron chi connectivity index (χ4n) is 1.91. The first kappa shape index (κ1) is 14.3. The van der Waals surface area contributed by atoms with Crippen LogP contribution in [0.2, 0.25) is 0 Å². The standard InChI is InChI=1S/C14H20BrN3O/c1-18(6-7-19-9-10-2-3-10)13-5-4-11(15)8-12(13)14(16)17/h4-5,8,10H,2-3,6-7,9H2,1H3,(H3,16,17). The van der Waals surface area contributed by atoms with E-state index in [-0.39, 0.29) is 5.84 Å². The number of halogens is 1. The van der Waals surface area contributed by atoms with Crippen LogP contribution in [0.1, 0.15) is 18.4 Å². The van der Waals surface area contributed by atoms with Gasteiger partial charge in [-0.15, -0.1) is 0 Å². The Balaban J connectivity index is 1.92. The molecule has 0 spiro atoms. The summed E-state index contributed by atoms with van der Waals surface area (Å²) in [5.41, 5.74) is 7.34. The number of rotatable bonds is 7. The molecule has 0 saturated heterocycles. The highest BCUT2D eigenvalue weighted by atomic mass is 79.9. The van der Waals surface area contributed by atoms with Crippen LogP contribution in [0.4, 0.5) is 5.69 Å². The molecule has 0 aromatic heterocycles. The summed E-state index contributed by atoms with van der Waals surface area (Å²) >= 11 is 3.41. The average Bonchev–Trinajstić information content (AvgIpc) is 3.18.